The van der Waals surface area contributed by atoms with Gasteiger partial charge in [0.1, 0.15) is 0 Å². The highest BCUT2D eigenvalue weighted by molar-refractivity contribution is 7.13. The van der Waals surface area contributed by atoms with Crippen LogP contribution in [-0.2, 0) is 0 Å². The molecule has 0 saturated heterocycles. The van der Waals surface area contributed by atoms with Crippen molar-refractivity contribution in [3.8, 4) is 6.07 Å². The molecule has 0 atom stereocenters. The van der Waals surface area contributed by atoms with Crippen molar-refractivity contribution >= 4 is 17.1 Å². The minimum absolute atomic E-state index is 0.0539. The number of nitriles is 1. The fourth-order valence-electron chi connectivity index (χ4n) is 0.649. The molecule has 56 valence electrons. The van der Waals surface area contributed by atoms with Crippen LogP contribution in [0.25, 0.3) is 0 Å². The normalized spacial score (nSPS) is 9.09. The van der Waals surface area contributed by atoms with Crippen LogP contribution in [-0.4, -0.2) is 10.8 Å². The van der Waals surface area contributed by atoms with Crippen molar-refractivity contribution < 1.29 is 4.79 Å². The summed E-state index contributed by atoms with van der Waals surface area (Å²) < 4.78 is 0. The molecule has 0 aliphatic heterocycles. The van der Waals surface area contributed by atoms with Gasteiger partial charge in [-0.3, -0.25) is 4.79 Å². The van der Waals surface area contributed by atoms with Crippen molar-refractivity contribution in [1.82, 2.24) is 4.98 Å². The second-order valence-electron chi connectivity index (χ2n) is 2.00. The van der Waals surface area contributed by atoms with Crippen LogP contribution in [0.1, 0.15) is 21.1 Å². The van der Waals surface area contributed by atoms with E-state index in [-0.39, 0.29) is 12.2 Å². The monoisotopic (exact) mass is 166 g/mol. The maximum absolute atomic E-state index is 11.0. The number of thiazole rings is 1. The molecule has 1 rings (SSSR count). The molecule has 3 nitrogen and oxygen atoms in total. The van der Waals surface area contributed by atoms with E-state index < -0.39 is 0 Å². The van der Waals surface area contributed by atoms with Crippen LogP contribution < -0.4 is 0 Å². The smallest absolute Gasteiger partial charge is 0.188 e. The Hall–Kier alpha value is -1.21. The molecule has 0 saturated carbocycles. The van der Waals surface area contributed by atoms with Crippen molar-refractivity contribution in [2.45, 2.75) is 13.3 Å². The summed E-state index contributed by atoms with van der Waals surface area (Å²) in [5.41, 5.74) is 0. The molecule has 0 aliphatic rings. The SMILES string of the molecule is Cc1ncc(C(=O)CC#N)s1. The van der Waals surface area contributed by atoms with E-state index in [1.807, 2.05) is 6.92 Å². The van der Waals surface area contributed by atoms with Crippen molar-refractivity contribution in [3.63, 3.8) is 0 Å². The Morgan fingerprint density at radius 2 is 2.64 bits per heavy atom. The van der Waals surface area contributed by atoms with Crippen LogP contribution in [0.5, 0.6) is 0 Å². The fourth-order valence-corrected chi connectivity index (χ4v) is 1.36. The van der Waals surface area contributed by atoms with Crippen LogP contribution >= 0.6 is 11.3 Å². The first-order valence-electron chi connectivity index (χ1n) is 3.06. The Kier molecular flexibility index (Phi) is 2.34. The molecule has 0 spiro atoms. The molecule has 4 heteroatoms. The first kappa shape index (κ1) is 7.89. The molecule has 1 aromatic rings. The molecule has 0 aromatic carbocycles. The zero-order chi connectivity index (χ0) is 8.27. The largest absolute Gasteiger partial charge is 0.292 e. The zero-order valence-electron chi connectivity index (χ0n) is 6.00. The Morgan fingerprint density at radius 3 is 3.09 bits per heavy atom. The lowest BCUT2D eigenvalue weighted by Gasteiger charge is -1.84. The molecule has 0 N–H and O–H groups in total. The molecule has 0 aliphatic carbocycles. The summed E-state index contributed by atoms with van der Waals surface area (Å²) in [4.78, 5) is 15.5. The Bertz CT molecular complexity index is 310. The predicted molar refractivity (Wildman–Crippen MR) is 41.4 cm³/mol. The number of Topliss-reactive ketones (excluding diaryl/α,β-unsaturated/α-hetero) is 1. The standard InChI is InChI=1S/C7H6N2OS/c1-5-9-4-7(11-5)6(10)2-3-8/h4H,2H2,1H3. The average molecular weight is 166 g/mol. The van der Waals surface area contributed by atoms with Gasteiger partial charge >= 0.3 is 0 Å². The minimum Gasteiger partial charge on any atom is -0.292 e. The number of hydrogen-bond donors (Lipinski definition) is 0. The van der Waals surface area contributed by atoms with Crippen molar-refractivity contribution in [1.29, 1.82) is 5.26 Å². The van der Waals surface area contributed by atoms with E-state index >= 15 is 0 Å². The zero-order valence-corrected chi connectivity index (χ0v) is 6.81. The highest BCUT2D eigenvalue weighted by atomic mass is 32.1. The van der Waals surface area contributed by atoms with Crippen LogP contribution in [0, 0.1) is 18.3 Å². The van der Waals surface area contributed by atoms with Gasteiger partial charge < -0.3 is 0 Å². The van der Waals surface area contributed by atoms with E-state index in [0.29, 0.717) is 4.88 Å². The van der Waals surface area contributed by atoms with Gasteiger partial charge in [-0.05, 0) is 6.92 Å². The van der Waals surface area contributed by atoms with Crippen molar-refractivity contribution in [2.24, 2.45) is 0 Å². The van der Waals surface area contributed by atoms with Gasteiger partial charge in [0.15, 0.2) is 5.78 Å². The van der Waals surface area contributed by atoms with Gasteiger partial charge in [0.2, 0.25) is 0 Å². The number of carbonyl (C=O) groups excluding carboxylic acids is 1. The van der Waals surface area contributed by atoms with Crippen LogP contribution in [0.15, 0.2) is 6.20 Å². The Labute approximate surface area is 68.3 Å². The lowest BCUT2D eigenvalue weighted by Crippen LogP contribution is -1.92. The molecule has 0 amide bonds. The van der Waals surface area contributed by atoms with Crippen LogP contribution in [0.2, 0.25) is 0 Å². The van der Waals surface area contributed by atoms with Gasteiger partial charge in [-0.15, -0.1) is 11.3 Å². The van der Waals surface area contributed by atoms with Crippen LogP contribution in [0.3, 0.4) is 0 Å². The van der Waals surface area contributed by atoms with Crippen molar-refractivity contribution in [2.75, 3.05) is 0 Å². The Morgan fingerprint density at radius 1 is 1.91 bits per heavy atom. The van der Waals surface area contributed by atoms with Crippen molar-refractivity contribution in [3.05, 3.63) is 16.1 Å². The molecule has 0 fully saturated rings. The fraction of sp³-hybridized carbons (Fsp3) is 0.286. The summed E-state index contributed by atoms with van der Waals surface area (Å²) in [6, 6.07) is 1.80. The molecule has 0 radical (unpaired) electrons. The van der Waals surface area contributed by atoms with E-state index in [1.54, 1.807) is 6.07 Å². The molecular formula is C7H6N2OS. The first-order chi connectivity index (χ1) is 5.24. The van der Waals surface area contributed by atoms with E-state index in [9.17, 15) is 4.79 Å². The summed E-state index contributed by atoms with van der Waals surface area (Å²) in [5, 5.41) is 9.07. The topological polar surface area (TPSA) is 53.8 Å². The van der Waals surface area contributed by atoms with Gasteiger partial charge in [-0.2, -0.15) is 5.26 Å². The molecule has 0 bridgehead atoms. The summed E-state index contributed by atoms with van der Waals surface area (Å²) in [5.74, 6) is -0.141. The van der Waals surface area contributed by atoms with E-state index in [2.05, 4.69) is 4.98 Å². The Balaban J connectivity index is 2.78. The predicted octanol–water partition coefficient (Wildman–Crippen LogP) is 1.55. The molecule has 1 heterocycles. The lowest BCUT2D eigenvalue weighted by molar-refractivity contribution is 0.100. The number of nitrogens with zero attached hydrogens (tertiary/aromatic N) is 2. The third kappa shape index (κ3) is 1.85. The van der Waals surface area contributed by atoms with E-state index in [4.69, 9.17) is 5.26 Å². The second kappa shape index (κ2) is 3.26. The number of carbonyl (C=O) groups is 1. The minimum atomic E-state index is -0.141. The molecule has 0 unspecified atom stereocenters. The maximum Gasteiger partial charge on any atom is 0.188 e. The number of aryl methyl sites for hydroxylation is 1. The lowest BCUT2D eigenvalue weighted by atomic mass is 10.3. The highest BCUT2D eigenvalue weighted by Gasteiger charge is 2.07. The van der Waals surface area contributed by atoms with Gasteiger partial charge in [-0.1, -0.05) is 0 Å². The van der Waals surface area contributed by atoms with E-state index in [1.165, 1.54) is 17.5 Å². The van der Waals surface area contributed by atoms with E-state index in [0.717, 1.165) is 5.01 Å². The highest BCUT2D eigenvalue weighted by Crippen LogP contribution is 2.12. The quantitative estimate of drug-likeness (QED) is 0.626. The first-order valence-corrected chi connectivity index (χ1v) is 3.88. The molecule has 1 aromatic heterocycles. The third-order valence-corrected chi connectivity index (χ3v) is 2.09. The number of hydrogen-bond acceptors (Lipinski definition) is 4. The van der Waals surface area contributed by atoms with Gasteiger partial charge in [0.25, 0.3) is 0 Å². The molecule has 11 heavy (non-hydrogen) atoms. The summed E-state index contributed by atoms with van der Waals surface area (Å²) in [7, 11) is 0. The van der Waals surface area contributed by atoms with Crippen LogP contribution in [0.4, 0.5) is 0 Å². The number of rotatable bonds is 2. The average Bonchev–Trinajstić information content (AvgIpc) is 2.36. The summed E-state index contributed by atoms with van der Waals surface area (Å²) >= 11 is 1.32. The van der Waals surface area contributed by atoms with Gasteiger partial charge in [-0.25, -0.2) is 4.98 Å². The summed E-state index contributed by atoms with van der Waals surface area (Å²) in [6.07, 6.45) is 1.46. The maximum atomic E-state index is 11.0. The molecular weight excluding hydrogens is 160 g/mol. The number of aromatic nitrogens is 1. The second-order valence-corrected chi connectivity index (χ2v) is 3.24. The van der Waals surface area contributed by atoms with Gasteiger partial charge in [0, 0.05) is 6.20 Å². The third-order valence-electron chi connectivity index (χ3n) is 1.14. The number of ketones is 1. The summed E-state index contributed by atoms with van der Waals surface area (Å²) in [6.45, 7) is 1.83. The van der Waals surface area contributed by atoms with Gasteiger partial charge in [0.05, 0.1) is 22.4 Å².